The maximum absolute atomic E-state index is 5.23. The molecule has 0 amide bonds. The summed E-state index contributed by atoms with van der Waals surface area (Å²) < 4.78 is 2.28. The van der Waals surface area contributed by atoms with E-state index in [2.05, 4.69) is 167 Å². The van der Waals surface area contributed by atoms with E-state index in [0.29, 0.717) is 5.82 Å². The number of para-hydroxylation sites is 4. The lowest BCUT2D eigenvalue weighted by atomic mass is 10.0. The van der Waals surface area contributed by atoms with E-state index in [1.54, 1.807) is 0 Å². The summed E-state index contributed by atoms with van der Waals surface area (Å²) in [5.74, 6) is 1.51. The normalized spacial score (nSPS) is 11.8. The fourth-order valence-corrected chi connectivity index (χ4v) is 7.26. The van der Waals surface area contributed by atoms with Crippen LogP contribution >= 0.6 is 0 Å². The Labute approximate surface area is 301 Å². The number of rotatable bonds is 5. The van der Waals surface area contributed by atoms with Crippen LogP contribution in [-0.2, 0) is 0 Å². The van der Waals surface area contributed by atoms with Gasteiger partial charge in [-0.2, -0.15) is 0 Å². The van der Waals surface area contributed by atoms with Crippen LogP contribution < -0.4 is 4.90 Å². The standard InChI is InChI=1S/C47H31N5/c1-3-13-32(14-4-1)33-23-25-35(26-24-33)42-31-41(34-15-5-2-6-16-34)48-46(49-42)36-27-29-37(30-28-36)51-43-20-10-7-17-38(43)39-18-8-11-21-44(39)52-45-22-12-9-19-40(45)50-47(51)52/h1-31H. The van der Waals surface area contributed by atoms with Crippen molar-refractivity contribution in [1.82, 2.24) is 19.5 Å². The second-order valence-corrected chi connectivity index (χ2v) is 12.9. The zero-order valence-corrected chi connectivity index (χ0v) is 28.1. The summed E-state index contributed by atoms with van der Waals surface area (Å²) in [6.45, 7) is 0. The first-order valence-corrected chi connectivity index (χ1v) is 17.5. The molecule has 52 heavy (non-hydrogen) atoms. The zero-order valence-electron chi connectivity index (χ0n) is 28.1. The van der Waals surface area contributed by atoms with Gasteiger partial charge in [0, 0.05) is 33.5 Å². The molecule has 244 valence electrons. The highest BCUT2D eigenvalue weighted by Crippen LogP contribution is 2.47. The molecule has 7 aromatic carbocycles. The minimum atomic E-state index is 0.672. The number of imidazole rings is 1. The molecule has 0 saturated carbocycles. The average molecular weight is 666 g/mol. The quantitative estimate of drug-likeness (QED) is 0.184. The van der Waals surface area contributed by atoms with E-state index in [1.165, 1.54) is 11.1 Å². The molecule has 0 radical (unpaired) electrons. The lowest BCUT2D eigenvalue weighted by Gasteiger charge is -2.24. The van der Waals surface area contributed by atoms with Crippen LogP contribution in [0.1, 0.15) is 0 Å². The number of aromatic nitrogens is 4. The van der Waals surface area contributed by atoms with Crippen molar-refractivity contribution in [2.24, 2.45) is 0 Å². The molecule has 0 bridgehead atoms. The molecule has 0 fully saturated rings. The third-order valence-electron chi connectivity index (χ3n) is 9.79. The van der Waals surface area contributed by atoms with Crippen LogP contribution in [0.2, 0.25) is 0 Å². The first-order valence-electron chi connectivity index (χ1n) is 17.5. The van der Waals surface area contributed by atoms with E-state index in [9.17, 15) is 0 Å². The van der Waals surface area contributed by atoms with Crippen molar-refractivity contribution >= 4 is 28.4 Å². The van der Waals surface area contributed by atoms with Crippen molar-refractivity contribution in [2.45, 2.75) is 0 Å². The molecule has 5 heteroatoms. The molecule has 0 aliphatic carbocycles. The molecule has 10 rings (SSSR count). The van der Waals surface area contributed by atoms with Gasteiger partial charge < -0.3 is 0 Å². The summed E-state index contributed by atoms with van der Waals surface area (Å²) in [4.78, 5) is 17.7. The van der Waals surface area contributed by atoms with Gasteiger partial charge >= 0.3 is 0 Å². The Kier molecular flexibility index (Phi) is 7.07. The largest absolute Gasteiger partial charge is 0.280 e. The Balaban J connectivity index is 1.10. The minimum absolute atomic E-state index is 0.672. The molecule has 1 aliphatic heterocycles. The summed E-state index contributed by atoms with van der Waals surface area (Å²) >= 11 is 0. The highest BCUT2D eigenvalue weighted by Gasteiger charge is 2.29. The average Bonchev–Trinajstić information content (AvgIpc) is 3.55. The van der Waals surface area contributed by atoms with Gasteiger partial charge in [-0.15, -0.1) is 0 Å². The van der Waals surface area contributed by atoms with Crippen molar-refractivity contribution in [2.75, 3.05) is 4.90 Å². The van der Waals surface area contributed by atoms with Crippen LogP contribution in [0.5, 0.6) is 0 Å². The molecule has 0 saturated heterocycles. The summed E-state index contributed by atoms with van der Waals surface area (Å²) in [5, 5.41) is 0. The van der Waals surface area contributed by atoms with Crippen molar-refractivity contribution in [3.8, 4) is 61.8 Å². The molecule has 5 nitrogen and oxygen atoms in total. The highest BCUT2D eigenvalue weighted by atomic mass is 15.3. The van der Waals surface area contributed by atoms with Gasteiger partial charge in [-0.3, -0.25) is 9.47 Å². The Morgan fingerprint density at radius 3 is 1.58 bits per heavy atom. The SMILES string of the molecule is c1ccc(-c2ccc(-c3cc(-c4ccccc4)nc(-c4ccc(N5c6ccccc6-c6ccccc6-n6c5nc5ccccc56)cc4)n3)cc2)cc1. The fraction of sp³-hybridized carbons (Fsp3) is 0. The van der Waals surface area contributed by atoms with E-state index in [4.69, 9.17) is 15.0 Å². The number of fused-ring (bicyclic) bond motifs is 7. The van der Waals surface area contributed by atoms with Gasteiger partial charge in [-0.1, -0.05) is 133 Å². The predicted octanol–water partition coefficient (Wildman–Crippen LogP) is 11.9. The summed E-state index contributed by atoms with van der Waals surface area (Å²) in [5.41, 5.74) is 14.6. The van der Waals surface area contributed by atoms with Gasteiger partial charge in [-0.25, -0.2) is 15.0 Å². The van der Waals surface area contributed by atoms with Crippen LogP contribution in [0.3, 0.4) is 0 Å². The van der Waals surface area contributed by atoms with Crippen molar-refractivity contribution < 1.29 is 0 Å². The molecule has 1 aliphatic rings. The number of nitrogens with zero attached hydrogens (tertiary/aromatic N) is 5. The summed E-state index contributed by atoms with van der Waals surface area (Å²) in [6.07, 6.45) is 0. The molecule has 3 heterocycles. The molecule has 0 atom stereocenters. The summed E-state index contributed by atoms with van der Waals surface area (Å²) in [6, 6.07) is 65.5. The van der Waals surface area contributed by atoms with Crippen LogP contribution in [0.4, 0.5) is 17.3 Å². The smallest absolute Gasteiger partial charge is 0.220 e. The van der Waals surface area contributed by atoms with Gasteiger partial charge in [0.05, 0.1) is 33.8 Å². The Morgan fingerprint density at radius 2 is 0.865 bits per heavy atom. The molecular formula is C47H31N5. The molecule has 0 N–H and O–H groups in total. The van der Waals surface area contributed by atoms with Crippen LogP contribution in [0.25, 0.3) is 72.9 Å². The number of anilines is 3. The van der Waals surface area contributed by atoms with Gasteiger partial charge in [-0.05, 0) is 65.7 Å². The van der Waals surface area contributed by atoms with Gasteiger partial charge in [0.2, 0.25) is 5.95 Å². The Bertz CT molecular complexity index is 2720. The predicted molar refractivity (Wildman–Crippen MR) is 212 cm³/mol. The molecule has 9 aromatic rings. The monoisotopic (exact) mass is 665 g/mol. The van der Waals surface area contributed by atoms with Crippen LogP contribution in [0.15, 0.2) is 188 Å². The van der Waals surface area contributed by atoms with E-state index in [0.717, 1.165) is 73.2 Å². The number of benzene rings is 7. The van der Waals surface area contributed by atoms with Crippen molar-refractivity contribution in [3.63, 3.8) is 0 Å². The Hall–Kier alpha value is -7.11. The fourth-order valence-electron chi connectivity index (χ4n) is 7.26. The van der Waals surface area contributed by atoms with Crippen molar-refractivity contribution in [3.05, 3.63) is 188 Å². The third kappa shape index (κ3) is 5.07. The Morgan fingerprint density at radius 1 is 0.365 bits per heavy atom. The van der Waals surface area contributed by atoms with E-state index in [1.807, 2.05) is 30.3 Å². The highest BCUT2D eigenvalue weighted by molar-refractivity contribution is 5.96. The van der Waals surface area contributed by atoms with E-state index in [-0.39, 0.29) is 0 Å². The molecule has 2 aromatic heterocycles. The first-order chi connectivity index (χ1) is 25.8. The van der Waals surface area contributed by atoms with Crippen molar-refractivity contribution in [1.29, 1.82) is 0 Å². The zero-order chi connectivity index (χ0) is 34.4. The van der Waals surface area contributed by atoms with Gasteiger partial charge in [0.25, 0.3) is 0 Å². The number of hydrogen-bond donors (Lipinski definition) is 0. The van der Waals surface area contributed by atoms with E-state index >= 15 is 0 Å². The molecular weight excluding hydrogens is 635 g/mol. The van der Waals surface area contributed by atoms with Crippen LogP contribution in [-0.4, -0.2) is 19.5 Å². The number of hydrogen-bond acceptors (Lipinski definition) is 4. The van der Waals surface area contributed by atoms with Crippen LogP contribution in [0, 0.1) is 0 Å². The van der Waals surface area contributed by atoms with Gasteiger partial charge in [0.15, 0.2) is 5.82 Å². The second kappa shape index (κ2) is 12.3. The third-order valence-corrected chi connectivity index (χ3v) is 9.79. The molecule has 0 spiro atoms. The molecule has 0 unspecified atom stereocenters. The lowest BCUT2D eigenvalue weighted by Crippen LogP contribution is -2.14. The maximum atomic E-state index is 5.23. The second-order valence-electron chi connectivity index (χ2n) is 12.9. The maximum Gasteiger partial charge on any atom is 0.220 e. The topological polar surface area (TPSA) is 46.8 Å². The lowest BCUT2D eigenvalue weighted by molar-refractivity contribution is 1.05. The van der Waals surface area contributed by atoms with Gasteiger partial charge in [0.1, 0.15) is 0 Å². The minimum Gasteiger partial charge on any atom is -0.280 e. The summed E-state index contributed by atoms with van der Waals surface area (Å²) in [7, 11) is 0. The van der Waals surface area contributed by atoms with E-state index < -0.39 is 0 Å². The first kappa shape index (κ1) is 29.8.